The number of nitrogens with zero attached hydrogens (tertiary/aromatic N) is 1. The molecule has 0 bridgehead atoms. The Balaban J connectivity index is 1.33. The van der Waals surface area contributed by atoms with Gasteiger partial charge in [0.25, 0.3) is 0 Å². The molecular weight excluding hydrogens is 638 g/mol. The van der Waals surface area contributed by atoms with Crippen molar-refractivity contribution in [3.63, 3.8) is 0 Å². The number of benzene rings is 5. The summed E-state index contributed by atoms with van der Waals surface area (Å²) in [5, 5.41) is 0. The summed E-state index contributed by atoms with van der Waals surface area (Å²) in [5.74, 6) is -0.0726. The molecule has 0 saturated carbocycles. The molecule has 0 radical (unpaired) electrons. The lowest BCUT2D eigenvalue weighted by Crippen LogP contribution is -2.56. The van der Waals surface area contributed by atoms with Gasteiger partial charge in [-0.3, -0.25) is 4.79 Å². The van der Waals surface area contributed by atoms with E-state index >= 15 is 0 Å². The predicted octanol–water partition coefficient (Wildman–Crippen LogP) is 7.78. The molecule has 0 unspecified atom stereocenters. The van der Waals surface area contributed by atoms with Crippen molar-refractivity contribution in [1.29, 1.82) is 0 Å². The van der Waals surface area contributed by atoms with Crippen LogP contribution in [0.25, 0.3) is 0 Å². The largest absolute Gasteiger partial charge is 0.374 e. The molecule has 1 amide bonds. The molecule has 0 aliphatic carbocycles. The van der Waals surface area contributed by atoms with Gasteiger partial charge in [0.15, 0.2) is 0 Å². The van der Waals surface area contributed by atoms with Gasteiger partial charge in [-0.25, -0.2) is 0 Å². The van der Waals surface area contributed by atoms with E-state index < -0.39 is 30.5 Å². The lowest BCUT2D eigenvalue weighted by molar-refractivity contribution is -0.168. The molecule has 51 heavy (non-hydrogen) atoms. The highest BCUT2D eigenvalue weighted by molar-refractivity contribution is 5.74. The van der Waals surface area contributed by atoms with E-state index in [-0.39, 0.29) is 12.5 Å². The monoisotopic (exact) mass is 685 g/mol. The minimum absolute atomic E-state index is 0.0726. The molecule has 5 aromatic carbocycles. The second-order valence-corrected chi connectivity index (χ2v) is 12.9. The first kappa shape index (κ1) is 36.2. The van der Waals surface area contributed by atoms with Gasteiger partial charge < -0.3 is 28.6 Å². The minimum atomic E-state index is -0.613. The maximum absolute atomic E-state index is 13.6. The van der Waals surface area contributed by atoms with Gasteiger partial charge in [0, 0.05) is 13.5 Å². The van der Waals surface area contributed by atoms with Gasteiger partial charge in [-0.2, -0.15) is 0 Å². The van der Waals surface area contributed by atoms with Gasteiger partial charge in [0.05, 0.1) is 45.7 Å². The first-order chi connectivity index (χ1) is 25.1. The molecule has 0 spiro atoms. The smallest absolute Gasteiger partial charge is 0.220 e. The summed E-state index contributed by atoms with van der Waals surface area (Å²) in [5.41, 5.74) is 5.19. The number of carbonyl (C=O) groups excluding carboxylic acids is 1. The minimum Gasteiger partial charge on any atom is -0.374 e. The Bertz CT molecular complexity index is 1710. The number of hydrogen-bond donors (Lipinski definition) is 0. The van der Waals surface area contributed by atoms with Gasteiger partial charge >= 0.3 is 0 Å². The van der Waals surface area contributed by atoms with Crippen molar-refractivity contribution in [1.82, 2.24) is 4.90 Å². The number of carbonyl (C=O) groups is 1. The van der Waals surface area contributed by atoms with Crippen LogP contribution >= 0.6 is 0 Å². The average Bonchev–Trinajstić information content (AvgIpc) is 3.59. The van der Waals surface area contributed by atoms with Crippen LogP contribution in [0.15, 0.2) is 152 Å². The third kappa shape index (κ3) is 10.7. The zero-order valence-corrected chi connectivity index (χ0v) is 29.2. The van der Waals surface area contributed by atoms with Gasteiger partial charge in [0.1, 0.15) is 24.4 Å². The summed E-state index contributed by atoms with van der Waals surface area (Å²) < 4.78 is 33.3. The van der Waals surface area contributed by atoms with E-state index in [1.165, 1.54) is 0 Å². The van der Waals surface area contributed by atoms with Crippen LogP contribution in [0.1, 0.15) is 34.7 Å². The summed E-state index contributed by atoms with van der Waals surface area (Å²) in [6.45, 7) is 4.05. The molecule has 5 aromatic rings. The summed E-state index contributed by atoms with van der Waals surface area (Å²) in [7, 11) is 0. The summed E-state index contributed by atoms with van der Waals surface area (Å²) >= 11 is 0. The molecular formula is C44H47NO6. The van der Waals surface area contributed by atoms with Crippen LogP contribution in [-0.4, -0.2) is 54.5 Å². The Morgan fingerprint density at radius 1 is 0.627 bits per heavy atom. The molecule has 1 aliphatic heterocycles. The molecule has 7 heteroatoms. The molecule has 264 valence electrons. The number of amides is 1. The predicted molar refractivity (Wildman–Crippen MR) is 197 cm³/mol. The highest BCUT2D eigenvalue weighted by Gasteiger charge is 2.49. The maximum atomic E-state index is 13.6. The second kappa shape index (κ2) is 19.1. The number of rotatable bonds is 18. The van der Waals surface area contributed by atoms with Crippen molar-refractivity contribution in [2.45, 2.75) is 70.4 Å². The molecule has 1 aliphatic rings. The number of hydrogen-bond acceptors (Lipinski definition) is 6. The van der Waals surface area contributed by atoms with E-state index in [9.17, 15) is 4.79 Å². The van der Waals surface area contributed by atoms with Crippen molar-refractivity contribution in [3.05, 3.63) is 179 Å². The van der Waals surface area contributed by atoms with Gasteiger partial charge in [-0.05, 0) is 27.8 Å². The number of ether oxygens (including phenoxy) is 5. The summed E-state index contributed by atoms with van der Waals surface area (Å²) in [4.78, 5) is 15.5. The lowest BCUT2D eigenvalue weighted by atomic mass is 9.96. The Morgan fingerprint density at radius 3 is 1.59 bits per heavy atom. The van der Waals surface area contributed by atoms with Crippen LogP contribution in [0.5, 0.6) is 0 Å². The van der Waals surface area contributed by atoms with E-state index in [2.05, 4.69) is 0 Å². The third-order valence-corrected chi connectivity index (χ3v) is 9.11. The first-order valence-electron chi connectivity index (χ1n) is 17.6. The molecule has 7 nitrogen and oxygen atoms in total. The molecule has 6 rings (SSSR count). The van der Waals surface area contributed by atoms with Crippen molar-refractivity contribution in [2.24, 2.45) is 0 Å². The van der Waals surface area contributed by atoms with Gasteiger partial charge in [0.2, 0.25) is 5.91 Å². The molecule has 0 N–H and O–H groups in total. The zero-order chi connectivity index (χ0) is 35.1. The van der Waals surface area contributed by atoms with Crippen LogP contribution < -0.4 is 0 Å². The third-order valence-electron chi connectivity index (χ3n) is 9.11. The Labute approximate surface area is 301 Å². The zero-order valence-electron chi connectivity index (χ0n) is 29.2. The molecule has 0 aromatic heterocycles. The normalized spacial score (nSPS) is 18.3. The molecule has 5 atom stereocenters. The van der Waals surface area contributed by atoms with Crippen molar-refractivity contribution in [2.75, 3.05) is 13.2 Å². The fourth-order valence-electron chi connectivity index (χ4n) is 6.48. The first-order valence-corrected chi connectivity index (χ1v) is 17.6. The van der Waals surface area contributed by atoms with Crippen molar-refractivity contribution in [3.8, 4) is 0 Å². The van der Waals surface area contributed by atoms with Gasteiger partial charge in [-0.15, -0.1) is 0 Å². The van der Waals surface area contributed by atoms with E-state index in [0.717, 1.165) is 27.8 Å². The Morgan fingerprint density at radius 2 is 1.08 bits per heavy atom. The van der Waals surface area contributed by atoms with Crippen molar-refractivity contribution < 1.29 is 28.5 Å². The quantitative estimate of drug-likeness (QED) is 0.0939. The highest BCUT2D eigenvalue weighted by atomic mass is 16.6. The van der Waals surface area contributed by atoms with E-state index in [0.29, 0.717) is 39.6 Å². The fraction of sp³-hybridized carbons (Fsp3) is 0.295. The molecule has 1 heterocycles. The second-order valence-electron chi connectivity index (χ2n) is 12.9. The average molecular weight is 686 g/mol. The Hall–Kier alpha value is -4.63. The summed E-state index contributed by atoms with van der Waals surface area (Å²) in [6.07, 6.45) is -2.14. The fourth-order valence-corrected chi connectivity index (χ4v) is 6.48. The SMILES string of the molecule is CC(=O)N(Cc1ccccc1)[C@H]1[C@H]([C@H](OCc2ccccc2)[C@@H](COCc2ccccc2)OCc2ccccc2)OC[C@@H]1OCc1ccccc1. The van der Waals surface area contributed by atoms with Crippen LogP contribution in [0, 0.1) is 0 Å². The maximum Gasteiger partial charge on any atom is 0.220 e. The molecule has 1 saturated heterocycles. The molecule has 1 fully saturated rings. The van der Waals surface area contributed by atoms with Gasteiger partial charge in [-0.1, -0.05) is 152 Å². The topological polar surface area (TPSA) is 66.5 Å². The summed E-state index contributed by atoms with van der Waals surface area (Å²) in [6, 6.07) is 49.9. The van der Waals surface area contributed by atoms with E-state index in [1.807, 2.05) is 157 Å². The van der Waals surface area contributed by atoms with Crippen LogP contribution in [-0.2, 0) is 61.5 Å². The highest BCUT2D eigenvalue weighted by Crippen LogP contribution is 2.32. The van der Waals surface area contributed by atoms with Crippen LogP contribution in [0.4, 0.5) is 0 Å². The van der Waals surface area contributed by atoms with Crippen LogP contribution in [0.2, 0.25) is 0 Å². The van der Waals surface area contributed by atoms with Crippen LogP contribution in [0.3, 0.4) is 0 Å². The lowest BCUT2D eigenvalue weighted by Gasteiger charge is -2.39. The van der Waals surface area contributed by atoms with E-state index in [4.69, 9.17) is 23.7 Å². The van der Waals surface area contributed by atoms with E-state index in [1.54, 1.807) is 6.92 Å². The Kier molecular flexibility index (Phi) is 13.6. The van der Waals surface area contributed by atoms with Crippen molar-refractivity contribution >= 4 is 5.91 Å². The standard InChI is InChI=1S/C44H47NO6/c1-34(46)45(27-35-17-7-2-8-18-35)42-40(48-29-37-21-11-4-12-22-37)33-51-44(42)43(50-31-39-25-15-6-16-26-39)41(49-30-38-23-13-5-14-24-38)32-47-28-36-19-9-3-10-20-36/h2-26,40-44H,27-33H2,1H3/t40-,41+,42+,43+,44+/m0/s1.